The summed E-state index contributed by atoms with van der Waals surface area (Å²) in [5.74, 6) is 0.557. The second-order valence-electron chi connectivity index (χ2n) is 6.48. The largest absolute Gasteiger partial charge is 0.389 e. The first-order chi connectivity index (χ1) is 9.07. The standard InChI is InChI=1S/C17H27NO/c1-15(2)12-17(19)10-6-7-11-18(14-17)13-16-8-4-3-5-9-16/h3-5,8-9,15,19H,6-7,10-14H2,1-2H3. The van der Waals surface area contributed by atoms with Crippen molar-refractivity contribution >= 4 is 0 Å². The van der Waals surface area contributed by atoms with Gasteiger partial charge in [-0.1, -0.05) is 44.2 Å². The van der Waals surface area contributed by atoms with Crippen molar-refractivity contribution in [1.29, 1.82) is 0 Å². The number of likely N-dealkylation sites (tertiary alicyclic amines) is 1. The van der Waals surface area contributed by atoms with Crippen LogP contribution in [0.25, 0.3) is 0 Å². The van der Waals surface area contributed by atoms with E-state index in [4.69, 9.17) is 0 Å². The lowest BCUT2D eigenvalue weighted by molar-refractivity contribution is -0.0125. The van der Waals surface area contributed by atoms with Gasteiger partial charge in [0.05, 0.1) is 5.60 Å². The Morgan fingerprint density at radius 1 is 1.21 bits per heavy atom. The first-order valence-electron chi connectivity index (χ1n) is 7.56. The molecule has 1 aromatic carbocycles. The molecule has 0 amide bonds. The lowest BCUT2D eigenvalue weighted by Gasteiger charge is -2.33. The zero-order valence-corrected chi connectivity index (χ0v) is 12.3. The third-order valence-electron chi connectivity index (χ3n) is 3.92. The van der Waals surface area contributed by atoms with Crippen molar-refractivity contribution < 1.29 is 5.11 Å². The Labute approximate surface area is 117 Å². The van der Waals surface area contributed by atoms with Crippen LogP contribution in [-0.4, -0.2) is 28.7 Å². The van der Waals surface area contributed by atoms with Gasteiger partial charge in [-0.15, -0.1) is 0 Å². The monoisotopic (exact) mass is 261 g/mol. The Kier molecular flexibility index (Phi) is 5.00. The van der Waals surface area contributed by atoms with E-state index >= 15 is 0 Å². The van der Waals surface area contributed by atoms with Gasteiger partial charge < -0.3 is 5.11 Å². The summed E-state index contributed by atoms with van der Waals surface area (Å²) in [5, 5.41) is 10.8. The zero-order valence-electron chi connectivity index (χ0n) is 12.3. The maximum absolute atomic E-state index is 10.8. The summed E-state index contributed by atoms with van der Waals surface area (Å²) in [6, 6.07) is 10.6. The van der Waals surface area contributed by atoms with E-state index < -0.39 is 5.60 Å². The van der Waals surface area contributed by atoms with Gasteiger partial charge in [-0.25, -0.2) is 0 Å². The van der Waals surface area contributed by atoms with E-state index in [9.17, 15) is 5.11 Å². The molecule has 106 valence electrons. The lowest BCUT2D eigenvalue weighted by atomic mass is 9.88. The normalized spacial score (nSPS) is 25.5. The molecule has 1 aliphatic heterocycles. The second-order valence-corrected chi connectivity index (χ2v) is 6.48. The predicted molar refractivity (Wildman–Crippen MR) is 80.0 cm³/mol. The molecule has 0 bridgehead atoms. The van der Waals surface area contributed by atoms with Crippen LogP contribution in [0.2, 0.25) is 0 Å². The minimum Gasteiger partial charge on any atom is -0.389 e. The molecule has 1 heterocycles. The molecular formula is C17H27NO. The van der Waals surface area contributed by atoms with Crippen molar-refractivity contribution in [3.05, 3.63) is 35.9 Å². The van der Waals surface area contributed by atoms with Gasteiger partial charge in [0.15, 0.2) is 0 Å². The quantitative estimate of drug-likeness (QED) is 0.897. The van der Waals surface area contributed by atoms with Crippen molar-refractivity contribution in [3.63, 3.8) is 0 Å². The van der Waals surface area contributed by atoms with E-state index in [0.717, 1.165) is 38.9 Å². The van der Waals surface area contributed by atoms with Crippen LogP contribution in [0.15, 0.2) is 30.3 Å². The number of rotatable bonds is 4. The number of benzene rings is 1. The van der Waals surface area contributed by atoms with Crippen molar-refractivity contribution in [2.75, 3.05) is 13.1 Å². The van der Waals surface area contributed by atoms with Gasteiger partial charge >= 0.3 is 0 Å². The fourth-order valence-electron chi connectivity index (χ4n) is 3.27. The molecule has 2 nitrogen and oxygen atoms in total. The highest BCUT2D eigenvalue weighted by Gasteiger charge is 2.32. The van der Waals surface area contributed by atoms with Gasteiger partial charge in [0.1, 0.15) is 0 Å². The molecule has 0 aliphatic carbocycles. The van der Waals surface area contributed by atoms with E-state index in [2.05, 4.69) is 49.1 Å². The van der Waals surface area contributed by atoms with Gasteiger partial charge in [0, 0.05) is 13.1 Å². The molecule has 2 rings (SSSR count). The summed E-state index contributed by atoms with van der Waals surface area (Å²) in [6.45, 7) is 7.28. The van der Waals surface area contributed by atoms with Crippen molar-refractivity contribution in [2.24, 2.45) is 5.92 Å². The van der Waals surface area contributed by atoms with E-state index in [0.29, 0.717) is 5.92 Å². The summed E-state index contributed by atoms with van der Waals surface area (Å²) in [5.41, 5.74) is 0.857. The molecular weight excluding hydrogens is 234 g/mol. The van der Waals surface area contributed by atoms with E-state index in [1.165, 1.54) is 12.0 Å². The number of β-amino-alcohol motifs (C(OH)–C–C–N with tert-alkyl or cyclic N) is 1. The maximum atomic E-state index is 10.8. The van der Waals surface area contributed by atoms with E-state index in [1.807, 2.05) is 0 Å². The van der Waals surface area contributed by atoms with Crippen LogP contribution in [0.4, 0.5) is 0 Å². The molecule has 1 atom stereocenters. The highest BCUT2D eigenvalue weighted by molar-refractivity contribution is 5.14. The lowest BCUT2D eigenvalue weighted by Crippen LogP contribution is -2.42. The highest BCUT2D eigenvalue weighted by Crippen LogP contribution is 2.28. The zero-order chi connectivity index (χ0) is 13.7. The topological polar surface area (TPSA) is 23.5 Å². The Morgan fingerprint density at radius 2 is 1.95 bits per heavy atom. The van der Waals surface area contributed by atoms with Gasteiger partial charge in [0.25, 0.3) is 0 Å². The number of hydrogen-bond donors (Lipinski definition) is 1. The Morgan fingerprint density at radius 3 is 2.63 bits per heavy atom. The maximum Gasteiger partial charge on any atom is 0.0776 e. The third-order valence-corrected chi connectivity index (χ3v) is 3.92. The van der Waals surface area contributed by atoms with Crippen LogP contribution in [0.3, 0.4) is 0 Å². The van der Waals surface area contributed by atoms with Gasteiger partial charge in [0.2, 0.25) is 0 Å². The molecule has 1 aliphatic rings. The second kappa shape index (κ2) is 6.53. The molecule has 0 aromatic heterocycles. The van der Waals surface area contributed by atoms with Crippen molar-refractivity contribution in [2.45, 2.75) is 51.7 Å². The summed E-state index contributed by atoms with van der Waals surface area (Å²) in [7, 11) is 0. The molecule has 0 spiro atoms. The molecule has 1 unspecified atom stereocenters. The minimum absolute atomic E-state index is 0.487. The SMILES string of the molecule is CC(C)CC1(O)CCCCN(Cc2ccccc2)C1. The summed E-state index contributed by atoms with van der Waals surface area (Å²) in [6.07, 6.45) is 4.22. The first kappa shape index (κ1) is 14.5. The third kappa shape index (κ3) is 4.63. The van der Waals surface area contributed by atoms with Gasteiger partial charge in [-0.2, -0.15) is 0 Å². The Bertz CT molecular complexity index is 376. The van der Waals surface area contributed by atoms with Gasteiger partial charge in [-0.05, 0) is 43.7 Å². The summed E-state index contributed by atoms with van der Waals surface area (Å²) in [4.78, 5) is 2.42. The molecule has 2 heteroatoms. The van der Waals surface area contributed by atoms with E-state index in [1.54, 1.807) is 0 Å². The Balaban J connectivity index is 2.00. The minimum atomic E-state index is -0.487. The van der Waals surface area contributed by atoms with Crippen LogP contribution in [0.5, 0.6) is 0 Å². The fourth-order valence-corrected chi connectivity index (χ4v) is 3.27. The highest BCUT2D eigenvalue weighted by atomic mass is 16.3. The number of hydrogen-bond acceptors (Lipinski definition) is 2. The molecule has 0 radical (unpaired) electrons. The molecule has 1 aromatic rings. The molecule has 1 N–H and O–H groups in total. The van der Waals surface area contributed by atoms with E-state index in [-0.39, 0.29) is 0 Å². The first-order valence-corrected chi connectivity index (χ1v) is 7.56. The molecule has 0 saturated carbocycles. The smallest absolute Gasteiger partial charge is 0.0776 e. The average molecular weight is 261 g/mol. The van der Waals surface area contributed by atoms with Crippen LogP contribution in [0.1, 0.15) is 45.1 Å². The number of nitrogens with zero attached hydrogens (tertiary/aromatic N) is 1. The summed E-state index contributed by atoms with van der Waals surface area (Å²) < 4.78 is 0. The average Bonchev–Trinajstić information content (AvgIpc) is 2.51. The van der Waals surface area contributed by atoms with Gasteiger partial charge in [-0.3, -0.25) is 4.90 Å². The Hall–Kier alpha value is -0.860. The predicted octanol–water partition coefficient (Wildman–Crippen LogP) is 3.45. The molecule has 1 fully saturated rings. The van der Waals surface area contributed by atoms with Crippen LogP contribution in [0, 0.1) is 5.92 Å². The van der Waals surface area contributed by atoms with Crippen molar-refractivity contribution in [1.82, 2.24) is 4.90 Å². The summed E-state index contributed by atoms with van der Waals surface area (Å²) >= 11 is 0. The fraction of sp³-hybridized carbons (Fsp3) is 0.647. The van der Waals surface area contributed by atoms with Crippen molar-refractivity contribution in [3.8, 4) is 0 Å². The van der Waals surface area contributed by atoms with Crippen LogP contribution in [-0.2, 0) is 6.54 Å². The molecule has 1 saturated heterocycles. The molecule has 19 heavy (non-hydrogen) atoms. The van der Waals surface area contributed by atoms with Crippen LogP contribution >= 0.6 is 0 Å². The van der Waals surface area contributed by atoms with Crippen LogP contribution < -0.4 is 0 Å². The number of aliphatic hydroxyl groups is 1.